The fraction of sp³-hybridized carbons (Fsp3) is 0.455. The second-order valence-electron chi connectivity index (χ2n) is 3.21. The maximum Gasteiger partial charge on any atom is 0.124 e. The van der Waals surface area contributed by atoms with Gasteiger partial charge in [0.25, 0.3) is 0 Å². The van der Waals surface area contributed by atoms with E-state index < -0.39 is 6.10 Å². The highest BCUT2D eigenvalue weighted by Gasteiger charge is 2.12. The fourth-order valence-electron chi connectivity index (χ4n) is 1.36. The normalized spacial score (nSPS) is 12.5. The van der Waals surface area contributed by atoms with Gasteiger partial charge in [-0.05, 0) is 24.7 Å². The summed E-state index contributed by atoms with van der Waals surface area (Å²) in [5.74, 6) is 0.657. The van der Waals surface area contributed by atoms with Crippen molar-refractivity contribution in [1.29, 1.82) is 0 Å². The number of nitrogens with one attached hydrogen (secondary N) is 1. The van der Waals surface area contributed by atoms with Crippen LogP contribution < -0.4 is 10.1 Å². The smallest absolute Gasteiger partial charge is 0.124 e. The molecular formula is C11H16ClNO2. The molecule has 0 aliphatic heterocycles. The Labute approximate surface area is 95.0 Å². The zero-order valence-electron chi connectivity index (χ0n) is 8.96. The molecule has 0 radical (unpaired) electrons. The molecule has 2 N–H and O–H groups in total. The highest BCUT2D eigenvalue weighted by molar-refractivity contribution is 6.30. The third-order valence-electron chi connectivity index (χ3n) is 2.14. The molecule has 0 fully saturated rings. The van der Waals surface area contributed by atoms with E-state index in [4.69, 9.17) is 16.3 Å². The molecule has 0 saturated carbocycles. The van der Waals surface area contributed by atoms with Gasteiger partial charge in [-0.1, -0.05) is 18.5 Å². The van der Waals surface area contributed by atoms with Crippen molar-refractivity contribution in [3.05, 3.63) is 28.8 Å². The van der Waals surface area contributed by atoms with Gasteiger partial charge in [0.1, 0.15) is 5.75 Å². The average Bonchev–Trinajstić information content (AvgIpc) is 2.25. The van der Waals surface area contributed by atoms with Gasteiger partial charge in [-0.25, -0.2) is 0 Å². The van der Waals surface area contributed by atoms with Crippen LogP contribution in [0.5, 0.6) is 5.75 Å². The summed E-state index contributed by atoms with van der Waals surface area (Å²) in [5, 5.41) is 13.6. The number of hydrogen-bond donors (Lipinski definition) is 2. The summed E-state index contributed by atoms with van der Waals surface area (Å²) in [6.07, 6.45) is -0.599. The summed E-state index contributed by atoms with van der Waals surface area (Å²) >= 11 is 5.86. The minimum Gasteiger partial charge on any atom is -0.496 e. The van der Waals surface area contributed by atoms with Crippen molar-refractivity contribution in [3.63, 3.8) is 0 Å². The lowest BCUT2D eigenvalue weighted by Gasteiger charge is -2.15. The topological polar surface area (TPSA) is 41.5 Å². The van der Waals surface area contributed by atoms with Gasteiger partial charge in [-0.15, -0.1) is 0 Å². The van der Waals surface area contributed by atoms with Gasteiger partial charge in [0, 0.05) is 17.1 Å². The molecule has 15 heavy (non-hydrogen) atoms. The number of likely N-dealkylation sites (N-methyl/N-ethyl adjacent to an activating group) is 1. The van der Waals surface area contributed by atoms with E-state index in [9.17, 15) is 5.11 Å². The van der Waals surface area contributed by atoms with Gasteiger partial charge in [0.15, 0.2) is 0 Å². The molecule has 1 aromatic carbocycles. The summed E-state index contributed by atoms with van der Waals surface area (Å²) in [6.45, 7) is 3.30. The molecule has 3 nitrogen and oxygen atoms in total. The molecule has 0 aromatic heterocycles. The van der Waals surface area contributed by atoms with E-state index in [1.165, 1.54) is 0 Å². The average molecular weight is 230 g/mol. The molecule has 0 amide bonds. The van der Waals surface area contributed by atoms with E-state index in [0.29, 0.717) is 22.9 Å². The zero-order valence-corrected chi connectivity index (χ0v) is 9.71. The largest absolute Gasteiger partial charge is 0.496 e. The molecule has 84 valence electrons. The summed E-state index contributed by atoms with van der Waals surface area (Å²) < 4.78 is 5.16. The maximum atomic E-state index is 9.89. The van der Waals surface area contributed by atoms with Gasteiger partial charge in [0.05, 0.1) is 13.2 Å². The van der Waals surface area contributed by atoms with Crippen LogP contribution in [0, 0.1) is 0 Å². The summed E-state index contributed by atoms with van der Waals surface area (Å²) in [6, 6.07) is 5.22. The number of ether oxygens (including phenoxy) is 1. The predicted octanol–water partition coefficient (Wildman–Crippen LogP) is 1.99. The van der Waals surface area contributed by atoms with Gasteiger partial charge in [-0.2, -0.15) is 0 Å². The highest BCUT2D eigenvalue weighted by atomic mass is 35.5. The fourth-order valence-corrected chi connectivity index (χ4v) is 1.54. The number of methoxy groups -OCH3 is 1. The van der Waals surface area contributed by atoms with E-state index >= 15 is 0 Å². The molecule has 1 aromatic rings. The van der Waals surface area contributed by atoms with Crippen molar-refractivity contribution < 1.29 is 9.84 Å². The van der Waals surface area contributed by atoms with Crippen LogP contribution in [0.15, 0.2) is 18.2 Å². The van der Waals surface area contributed by atoms with Gasteiger partial charge >= 0.3 is 0 Å². The first kappa shape index (κ1) is 12.3. The first-order chi connectivity index (χ1) is 7.19. The van der Waals surface area contributed by atoms with Crippen LogP contribution in [-0.4, -0.2) is 25.3 Å². The molecule has 0 aliphatic carbocycles. The van der Waals surface area contributed by atoms with Gasteiger partial charge < -0.3 is 15.2 Å². The third-order valence-corrected chi connectivity index (χ3v) is 2.37. The quantitative estimate of drug-likeness (QED) is 0.812. The van der Waals surface area contributed by atoms with Crippen molar-refractivity contribution >= 4 is 11.6 Å². The number of aliphatic hydroxyl groups excluding tert-OH is 1. The Morgan fingerprint density at radius 1 is 1.53 bits per heavy atom. The summed E-state index contributed by atoms with van der Waals surface area (Å²) in [7, 11) is 1.58. The SMILES string of the molecule is CCNCC(O)c1cc(Cl)ccc1OC. The summed E-state index contributed by atoms with van der Waals surface area (Å²) in [5.41, 5.74) is 0.714. The molecule has 1 unspecified atom stereocenters. The van der Waals surface area contributed by atoms with Gasteiger partial charge in [-0.3, -0.25) is 0 Å². The standard InChI is InChI=1S/C11H16ClNO2/c1-3-13-7-10(14)9-6-8(12)4-5-11(9)15-2/h4-6,10,13-14H,3,7H2,1-2H3. The minimum absolute atomic E-state index is 0.493. The predicted molar refractivity (Wildman–Crippen MR) is 61.5 cm³/mol. The second-order valence-corrected chi connectivity index (χ2v) is 3.65. The Hall–Kier alpha value is -0.770. The van der Waals surface area contributed by atoms with E-state index in [2.05, 4.69) is 5.32 Å². The van der Waals surface area contributed by atoms with Gasteiger partial charge in [0.2, 0.25) is 0 Å². The molecule has 1 rings (SSSR count). The van der Waals surface area contributed by atoms with Crippen LogP contribution in [0.1, 0.15) is 18.6 Å². The Morgan fingerprint density at radius 3 is 2.87 bits per heavy atom. The molecule has 1 atom stereocenters. The lowest BCUT2D eigenvalue weighted by Crippen LogP contribution is -2.21. The molecule has 0 heterocycles. The Morgan fingerprint density at radius 2 is 2.27 bits per heavy atom. The number of benzene rings is 1. The maximum absolute atomic E-state index is 9.89. The molecule has 0 bridgehead atoms. The zero-order chi connectivity index (χ0) is 11.3. The van der Waals surface area contributed by atoms with Crippen LogP contribution in [0.25, 0.3) is 0 Å². The van der Waals surface area contributed by atoms with Crippen LogP contribution >= 0.6 is 11.6 Å². The second kappa shape index (κ2) is 5.95. The number of halogens is 1. The van der Waals surface area contributed by atoms with Crippen molar-refractivity contribution in [1.82, 2.24) is 5.32 Å². The van der Waals surface area contributed by atoms with E-state index in [1.807, 2.05) is 6.92 Å². The lowest BCUT2D eigenvalue weighted by atomic mass is 10.1. The molecular weight excluding hydrogens is 214 g/mol. The third kappa shape index (κ3) is 3.38. The molecule has 0 saturated heterocycles. The van der Waals surface area contributed by atoms with Crippen molar-refractivity contribution in [2.24, 2.45) is 0 Å². The van der Waals surface area contributed by atoms with Crippen LogP contribution in [0.2, 0.25) is 5.02 Å². The van der Waals surface area contributed by atoms with Crippen LogP contribution in [0.4, 0.5) is 0 Å². The monoisotopic (exact) mass is 229 g/mol. The Bertz CT molecular complexity index is 317. The highest BCUT2D eigenvalue weighted by Crippen LogP contribution is 2.27. The number of aliphatic hydroxyl groups is 1. The lowest BCUT2D eigenvalue weighted by molar-refractivity contribution is 0.171. The van der Waals surface area contributed by atoms with Crippen LogP contribution in [-0.2, 0) is 0 Å². The molecule has 4 heteroatoms. The van der Waals surface area contributed by atoms with E-state index in [1.54, 1.807) is 25.3 Å². The van der Waals surface area contributed by atoms with Crippen molar-refractivity contribution in [3.8, 4) is 5.75 Å². The van der Waals surface area contributed by atoms with Crippen molar-refractivity contribution in [2.45, 2.75) is 13.0 Å². The Balaban J connectivity index is 2.85. The number of hydrogen-bond acceptors (Lipinski definition) is 3. The van der Waals surface area contributed by atoms with Crippen LogP contribution in [0.3, 0.4) is 0 Å². The van der Waals surface area contributed by atoms with Crippen molar-refractivity contribution in [2.75, 3.05) is 20.2 Å². The first-order valence-electron chi connectivity index (χ1n) is 4.91. The molecule has 0 aliphatic rings. The number of rotatable bonds is 5. The summed E-state index contributed by atoms with van der Waals surface area (Å²) in [4.78, 5) is 0. The first-order valence-corrected chi connectivity index (χ1v) is 5.29. The van der Waals surface area contributed by atoms with E-state index in [-0.39, 0.29) is 0 Å². The molecule has 0 spiro atoms. The van der Waals surface area contributed by atoms with E-state index in [0.717, 1.165) is 6.54 Å². The Kier molecular flexibility index (Phi) is 4.88. The minimum atomic E-state index is -0.599.